The van der Waals surface area contributed by atoms with Crippen molar-refractivity contribution in [2.75, 3.05) is 41.9 Å². The number of amides is 2. The van der Waals surface area contributed by atoms with Gasteiger partial charge in [0.05, 0.1) is 19.6 Å². The minimum Gasteiger partial charge on any atom is -0.395 e. The van der Waals surface area contributed by atoms with Crippen molar-refractivity contribution >= 4 is 40.8 Å². The number of aliphatic imine (C=N–C) groups is 1. The second kappa shape index (κ2) is 9.43. The van der Waals surface area contributed by atoms with Crippen molar-refractivity contribution in [1.82, 2.24) is 0 Å². The number of anilines is 3. The summed E-state index contributed by atoms with van der Waals surface area (Å²) < 4.78 is 0. The number of nitrogens with zero attached hydrogens (tertiary/aromatic N) is 3. The molecule has 9 nitrogen and oxygen atoms in total. The number of nitrogens with two attached hydrogens (primary N) is 1. The minimum absolute atomic E-state index is 0.0533. The predicted molar refractivity (Wildman–Crippen MR) is 128 cm³/mol. The first-order chi connectivity index (χ1) is 15.9. The largest absolute Gasteiger partial charge is 0.395 e. The zero-order valence-corrected chi connectivity index (χ0v) is 18.4. The van der Waals surface area contributed by atoms with Crippen LogP contribution in [0, 0.1) is 0 Å². The lowest BCUT2D eigenvalue weighted by molar-refractivity contribution is -0.129. The first-order valence-corrected chi connectivity index (χ1v) is 10.7. The Morgan fingerprint density at radius 3 is 2.88 bits per heavy atom. The third-order valence-electron chi connectivity index (χ3n) is 5.78. The Bertz CT molecular complexity index is 1140. The zero-order chi connectivity index (χ0) is 23.5. The number of carbonyl (C=O) groups excluding carboxylic acids is 2. The van der Waals surface area contributed by atoms with Gasteiger partial charge in [0.2, 0.25) is 5.91 Å². The highest BCUT2D eigenvalue weighted by molar-refractivity contribution is 6.03. The fourth-order valence-electron chi connectivity index (χ4n) is 4.01. The molecule has 33 heavy (non-hydrogen) atoms. The van der Waals surface area contributed by atoms with Crippen molar-refractivity contribution in [2.45, 2.75) is 19.1 Å². The maximum absolute atomic E-state index is 13.0. The molecule has 0 aromatic heterocycles. The van der Waals surface area contributed by atoms with Crippen LogP contribution in [0.4, 0.5) is 17.1 Å². The fourth-order valence-corrected chi connectivity index (χ4v) is 4.01. The van der Waals surface area contributed by atoms with Gasteiger partial charge < -0.3 is 31.1 Å². The number of amidine groups is 1. The molecule has 0 aliphatic carbocycles. The molecule has 0 bridgehead atoms. The van der Waals surface area contributed by atoms with Gasteiger partial charge in [0.15, 0.2) is 0 Å². The van der Waals surface area contributed by atoms with Crippen LogP contribution in [0.15, 0.2) is 47.5 Å². The molecule has 2 amide bonds. The van der Waals surface area contributed by atoms with Crippen LogP contribution >= 0.6 is 0 Å². The molecule has 9 heteroatoms. The van der Waals surface area contributed by atoms with E-state index < -0.39 is 24.3 Å². The highest BCUT2D eigenvalue weighted by atomic mass is 16.3. The van der Waals surface area contributed by atoms with E-state index in [-0.39, 0.29) is 13.2 Å². The Balaban J connectivity index is 1.43. The molecule has 2 aromatic rings. The standard InChI is InChI=1S/C24H27N5O4/c1-28-8-2-3-15-4-6-18(12-20(15)28)29(9-10-30)22(32)13-21(31)24(33)27-17-5-7-19-16(11-17)14-26-23(19)25/h2-7,11-12,21,30-31H,8-10,13-14H2,1H3,(H2,25,26)(H,27,33). The number of hydrogen-bond acceptors (Lipinski definition) is 7. The van der Waals surface area contributed by atoms with E-state index in [1.54, 1.807) is 24.3 Å². The van der Waals surface area contributed by atoms with Gasteiger partial charge in [-0.3, -0.25) is 14.6 Å². The molecule has 1 unspecified atom stereocenters. The summed E-state index contributed by atoms with van der Waals surface area (Å²) in [6.07, 6.45) is 2.11. The van der Waals surface area contributed by atoms with Crippen molar-refractivity contribution in [3.8, 4) is 0 Å². The number of fused-ring (bicyclic) bond motifs is 2. The molecule has 2 aromatic carbocycles. The summed E-state index contributed by atoms with van der Waals surface area (Å²) in [6.45, 7) is 0.997. The topological polar surface area (TPSA) is 131 Å². The van der Waals surface area contributed by atoms with Crippen molar-refractivity contribution in [3.05, 3.63) is 59.2 Å². The van der Waals surface area contributed by atoms with Crippen molar-refractivity contribution in [2.24, 2.45) is 10.7 Å². The lowest BCUT2D eigenvalue weighted by Gasteiger charge is -2.28. The maximum atomic E-state index is 13.0. The van der Waals surface area contributed by atoms with E-state index in [0.717, 1.165) is 28.9 Å². The van der Waals surface area contributed by atoms with Crippen LogP contribution in [0.3, 0.4) is 0 Å². The smallest absolute Gasteiger partial charge is 0.253 e. The predicted octanol–water partition coefficient (Wildman–Crippen LogP) is 1.08. The van der Waals surface area contributed by atoms with E-state index in [4.69, 9.17) is 5.73 Å². The maximum Gasteiger partial charge on any atom is 0.253 e. The Morgan fingerprint density at radius 2 is 2.09 bits per heavy atom. The molecule has 0 spiro atoms. The fraction of sp³-hybridized carbons (Fsp3) is 0.292. The van der Waals surface area contributed by atoms with Crippen LogP contribution in [-0.2, 0) is 16.1 Å². The van der Waals surface area contributed by atoms with Gasteiger partial charge in [-0.05, 0) is 41.5 Å². The summed E-state index contributed by atoms with van der Waals surface area (Å²) in [6, 6.07) is 10.8. The zero-order valence-electron chi connectivity index (χ0n) is 18.4. The number of nitrogens with one attached hydrogen (secondary N) is 1. The van der Waals surface area contributed by atoms with Gasteiger partial charge in [-0.15, -0.1) is 0 Å². The number of aliphatic hydroxyl groups is 2. The Morgan fingerprint density at radius 1 is 1.27 bits per heavy atom. The Kier molecular flexibility index (Phi) is 6.43. The Labute approximate surface area is 191 Å². The summed E-state index contributed by atoms with van der Waals surface area (Å²) in [5.74, 6) is -0.688. The molecule has 0 radical (unpaired) electrons. The molecule has 0 fully saturated rings. The van der Waals surface area contributed by atoms with E-state index in [9.17, 15) is 19.8 Å². The number of hydrogen-bond donors (Lipinski definition) is 4. The molecule has 4 rings (SSSR count). The Hall–Kier alpha value is -3.69. The number of benzene rings is 2. The lowest BCUT2D eigenvalue weighted by Crippen LogP contribution is -2.39. The van der Waals surface area contributed by atoms with Gasteiger partial charge in [-0.2, -0.15) is 0 Å². The van der Waals surface area contributed by atoms with Gasteiger partial charge in [0.25, 0.3) is 5.91 Å². The van der Waals surface area contributed by atoms with Gasteiger partial charge in [-0.1, -0.05) is 18.2 Å². The van der Waals surface area contributed by atoms with Crippen LogP contribution in [-0.4, -0.2) is 60.7 Å². The lowest BCUT2D eigenvalue weighted by atomic mass is 10.1. The van der Waals surface area contributed by atoms with Gasteiger partial charge in [0, 0.05) is 42.8 Å². The van der Waals surface area contributed by atoms with Crippen LogP contribution in [0.1, 0.15) is 23.1 Å². The summed E-state index contributed by atoms with van der Waals surface area (Å²) >= 11 is 0. The number of carbonyl (C=O) groups is 2. The number of likely N-dealkylation sites (N-methyl/N-ethyl adjacent to an activating group) is 1. The summed E-state index contributed by atoms with van der Waals surface area (Å²) in [7, 11) is 1.96. The van der Waals surface area contributed by atoms with E-state index in [2.05, 4.69) is 21.3 Å². The van der Waals surface area contributed by atoms with E-state index in [1.165, 1.54) is 4.90 Å². The van der Waals surface area contributed by atoms with Crippen LogP contribution in [0.2, 0.25) is 0 Å². The molecule has 0 saturated carbocycles. The van der Waals surface area contributed by atoms with Crippen LogP contribution in [0.5, 0.6) is 0 Å². The molecule has 2 aliphatic heterocycles. The van der Waals surface area contributed by atoms with Crippen molar-refractivity contribution in [1.29, 1.82) is 0 Å². The van der Waals surface area contributed by atoms with Crippen LogP contribution < -0.4 is 20.9 Å². The van der Waals surface area contributed by atoms with Gasteiger partial charge >= 0.3 is 0 Å². The van der Waals surface area contributed by atoms with Crippen LogP contribution in [0.25, 0.3) is 6.08 Å². The second-order valence-electron chi connectivity index (χ2n) is 8.08. The minimum atomic E-state index is -1.54. The summed E-state index contributed by atoms with van der Waals surface area (Å²) in [5.41, 5.74) is 10.6. The van der Waals surface area contributed by atoms with E-state index in [0.29, 0.717) is 23.8 Å². The number of aliphatic hydroxyl groups excluding tert-OH is 2. The molecule has 0 saturated heterocycles. The highest BCUT2D eigenvalue weighted by Crippen LogP contribution is 2.30. The average molecular weight is 450 g/mol. The third kappa shape index (κ3) is 4.74. The monoisotopic (exact) mass is 449 g/mol. The highest BCUT2D eigenvalue weighted by Gasteiger charge is 2.25. The van der Waals surface area contributed by atoms with Crippen molar-refractivity contribution in [3.63, 3.8) is 0 Å². The molecule has 5 N–H and O–H groups in total. The molecule has 2 heterocycles. The summed E-state index contributed by atoms with van der Waals surface area (Å²) in [4.78, 5) is 33.1. The second-order valence-corrected chi connectivity index (χ2v) is 8.08. The average Bonchev–Trinajstić information content (AvgIpc) is 3.17. The third-order valence-corrected chi connectivity index (χ3v) is 5.78. The number of rotatable bonds is 7. The molecular formula is C24H27N5O4. The van der Waals surface area contributed by atoms with E-state index in [1.807, 2.05) is 25.3 Å². The first-order valence-electron chi connectivity index (χ1n) is 10.7. The SMILES string of the molecule is CN1CC=Cc2ccc(N(CCO)C(=O)CC(O)C(=O)Nc3ccc4c(c3)CN=C4N)cc21. The molecule has 1 atom stereocenters. The van der Waals surface area contributed by atoms with Gasteiger partial charge in [0.1, 0.15) is 11.9 Å². The normalized spacial score (nSPS) is 14.9. The van der Waals surface area contributed by atoms with E-state index >= 15 is 0 Å². The van der Waals surface area contributed by atoms with Gasteiger partial charge in [-0.25, -0.2) is 0 Å². The molecule has 172 valence electrons. The molecular weight excluding hydrogens is 422 g/mol. The van der Waals surface area contributed by atoms with Crippen molar-refractivity contribution < 1.29 is 19.8 Å². The first kappa shape index (κ1) is 22.5. The molecule has 2 aliphatic rings. The summed E-state index contributed by atoms with van der Waals surface area (Å²) in [5, 5.41) is 22.5. The quantitative estimate of drug-likeness (QED) is 0.500.